The molecule has 3 aromatic rings. The number of aromatic hydroxyl groups is 1. The van der Waals surface area contributed by atoms with Gasteiger partial charge in [0.15, 0.2) is 5.75 Å². The number of carbonyl (C=O) groups is 1. The SMILES string of the molecule is O=C(O)c1nn(-c2ccc3cc(Br)ccc3c2)cc1O. The van der Waals surface area contributed by atoms with E-state index in [0.717, 1.165) is 15.2 Å². The molecule has 0 bridgehead atoms. The summed E-state index contributed by atoms with van der Waals surface area (Å²) in [6.07, 6.45) is 1.28. The van der Waals surface area contributed by atoms with Crippen LogP contribution in [0.4, 0.5) is 0 Å². The van der Waals surface area contributed by atoms with Gasteiger partial charge in [-0.2, -0.15) is 5.10 Å². The minimum atomic E-state index is -1.26. The Morgan fingerprint density at radius 3 is 2.55 bits per heavy atom. The second-order valence-electron chi connectivity index (χ2n) is 4.29. The van der Waals surface area contributed by atoms with E-state index in [-0.39, 0.29) is 11.4 Å². The standard InChI is InChI=1S/C14H9BrN2O3/c15-10-3-1-9-6-11(4-2-8(9)5-10)17-7-12(18)13(16-17)14(19)20/h1-7,18H,(H,19,20). The predicted molar refractivity (Wildman–Crippen MR) is 77.4 cm³/mol. The summed E-state index contributed by atoms with van der Waals surface area (Å²) in [7, 11) is 0. The van der Waals surface area contributed by atoms with Gasteiger partial charge in [-0.3, -0.25) is 0 Å². The van der Waals surface area contributed by atoms with Gasteiger partial charge < -0.3 is 10.2 Å². The van der Waals surface area contributed by atoms with Crippen molar-refractivity contribution in [3.8, 4) is 11.4 Å². The molecule has 0 amide bonds. The van der Waals surface area contributed by atoms with Crippen LogP contribution in [0.2, 0.25) is 0 Å². The van der Waals surface area contributed by atoms with Gasteiger partial charge in [-0.05, 0) is 35.0 Å². The molecule has 5 nitrogen and oxygen atoms in total. The maximum atomic E-state index is 10.9. The molecule has 0 aliphatic heterocycles. The molecular weight excluding hydrogens is 324 g/mol. The number of carboxylic acid groups (broad SMARTS) is 1. The molecule has 2 aromatic carbocycles. The first-order valence-electron chi connectivity index (χ1n) is 5.76. The number of carboxylic acids is 1. The van der Waals surface area contributed by atoms with Gasteiger partial charge in [0.05, 0.1) is 11.9 Å². The molecule has 0 aliphatic carbocycles. The molecule has 3 rings (SSSR count). The summed E-state index contributed by atoms with van der Waals surface area (Å²) in [5, 5.41) is 24.3. The zero-order valence-electron chi connectivity index (χ0n) is 10.1. The number of halogens is 1. The van der Waals surface area contributed by atoms with Crippen molar-refractivity contribution in [3.63, 3.8) is 0 Å². The van der Waals surface area contributed by atoms with Crippen molar-refractivity contribution in [2.24, 2.45) is 0 Å². The Kier molecular flexibility index (Phi) is 2.94. The van der Waals surface area contributed by atoms with Gasteiger partial charge in [-0.15, -0.1) is 0 Å². The number of fused-ring (bicyclic) bond motifs is 1. The fourth-order valence-electron chi connectivity index (χ4n) is 2.00. The molecule has 1 aromatic heterocycles. The van der Waals surface area contributed by atoms with Gasteiger partial charge in [0.25, 0.3) is 0 Å². The second kappa shape index (κ2) is 4.64. The van der Waals surface area contributed by atoms with Crippen molar-refractivity contribution in [1.82, 2.24) is 9.78 Å². The maximum Gasteiger partial charge on any atom is 0.360 e. The van der Waals surface area contributed by atoms with E-state index >= 15 is 0 Å². The Hall–Kier alpha value is -2.34. The van der Waals surface area contributed by atoms with E-state index in [4.69, 9.17) is 5.11 Å². The average Bonchev–Trinajstić information content (AvgIpc) is 2.80. The van der Waals surface area contributed by atoms with Crippen LogP contribution >= 0.6 is 15.9 Å². The highest BCUT2D eigenvalue weighted by atomic mass is 79.9. The number of benzene rings is 2. The average molecular weight is 333 g/mol. The highest BCUT2D eigenvalue weighted by Gasteiger charge is 2.15. The van der Waals surface area contributed by atoms with Crippen molar-refractivity contribution in [1.29, 1.82) is 0 Å². The molecular formula is C14H9BrN2O3. The van der Waals surface area contributed by atoms with Crippen molar-refractivity contribution in [2.75, 3.05) is 0 Å². The lowest BCUT2D eigenvalue weighted by atomic mass is 10.1. The highest BCUT2D eigenvalue weighted by Crippen LogP contribution is 2.24. The quantitative estimate of drug-likeness (QED) is 0.755. The van der Waals surface area contributed by atoms with Crippen molar-refractivity contribution >= 4 is 32.7 Å². The first kappa shape index (κ1) is 12.7. The molecule has 0 unspecified atom stereocenters. The highest BCUT2D eigenvalue weighted by molar-refractivity contribution is 9.10. The monoisotopic (exact) mass is 332 g/mol. The molecule has 0 fully saturated rings. The number of rotatable bonds is 2. The zero-order valence-corrected chi connectivity index (χ0v) is 11.7. The van der Waals surface area contributed by atoms with E-state index < -0.39 is 5.97 Å². The molecule has 100 valence electrons. The van der Waals surface area contributed by atoms with Crippen LogP contribution in [-0.2, 0) is 0 Å². The van der Waals surface area contributed by atoms with Crippen LogP contribution in [0.3, 0.4) is 0 Å². The molecule has 6 heteroatoms. The van der Waals surface area contributed by atoms with Crippen molar-refractivity contribution < 1.29 is 15.0 Å². The van der Waals surface area contributed by atoms with Crippen LogP contribution in [0, 0.1) is 0 Å². The molecule has 0 spiro atoms. The Labute approximate surface area is 122 Å². The summed E-state index contributed by atoms with van der Waals surface area (Å²) in [4.78, 5) is 10.9. The third-order valence-corrected chi connectivity index (χ3v) is 3.44. The van der Waals surface area contributed by atoms with E-state index in [1.165, 1.54) is 10.9 Å². The topological polar surface area (TPSA) is 75.3 Å². The second-order valence-corrected chi connectivity index (χ2v) is 5.20. The third kappa shape index (κ3) is 2.14. The Morgan fingerprint density at radius 1 is 1.15 bits per heavy atom. The Balaban J connectivity index is 2.12. The number of hydrogen-bond acceptors (Lipinski definition) is 3. The van der Waals surface area contributed by atoms with E-state index in [9.17, 15) is 9.90 Å². The predicted octanol–water partition coefficient (Wildman–Crippen LogP) is 3.19. The number of nitrogens with zero attached hydrogens (tertiary/aromatic N) is 2. The number of aromatic carboxylic acids is 1. The molecule has 2 N–H and O–H groups in total. The molecule has 0 saturated heterocycles. The molecule has 1 heterocycles. The van der Waals surface area contributed by atoms with Gasteiger partial charge >= 0.3 is 5.97 Å². The van der Waals surface area contributed by atoms with Crippen molar-refractivity contribution in [3.05, 3.63) is 52.8 Å². The summed E-state index contributed by atoms with van der Waals surface area (Å²) < 4.78 is 2.34. The third-order valence-electron chi connectivity index (χ3n) is 2.95. The summed E-state index contributed by atoms with van der Waals surface area (Å²) in [5.74, 6) is -1.61. The largest absolute Gasteiger partial charge is 0.504 e. The van der Waals surface area contributed by atoms with Crippen LogP contribution in [0.1, 0.15) is 10.5 Å². The van der Waals surface area contributed by atoms with Gasteiger partial charge in [0, 0.05) is 4.47 Å². The fourth-order valence-corrected chi connectivity index (χ4v) is 2.37. The van der Waals surface area contributed by atoms with E-state index in [1.807, 2.05) is 36.4 Å². The molecule has 0 atom stereocenters. The summed E-state index contributed by atoms with van der Waals surface area (Å²) in [6, 6.07) is 11.5. The van der Waals surface area contributed by atoms with Gasteiger partial charge in [-0.1, -0.05) is 28.1 Å². The van der Waals surface area contributed by atoms with Gasteiger partial charge in [0.1, 0.15) is 0 Å². The first-order valence-corrected chi connectivity index (χ1v) is 6.55. The Morgan fingerprint density at radius 2 is 1.85 bits per heavy atom. The normalized spacial score (nSPS) is 10.8. The van der Waals surface area contributed by atoms with Crippen molar-refractivity contribution in [2.45, 2.75) is 0 Å². The Bertz CT molecular complexity index is 826. The summed E-state index contributed by atoms with van der Waals surface area (Å²) in [6.45, 7) is 0. The van der Waals surface area contributed by atoms with Crippen LogP contribution in [-0.4, -0.2) is 26.0 Å². The van der Waals surface area contributed by atoms with Crippen LogP contribution in [0.25, 0.3) is 16.5 Å². The molecule has 0 radical (unpaired) electrons. The molecule has 0 aliphatic rings. The van der Waals surface area contributed by atoms with E-state index in [0.29, 0.717) is 5.69 Å². The summed E-state index contributed by atoms with van der Waals surface area (Å²) >= 11 is 3.41. The minimum Gasteiger partial charge on any atom is -0.504 e. The van der Waals surface area contributed by atoms with E-state index in [1.54, 1.807) is 0 Å². The first-order chi connectivity index (χ1) is 9.54. The fraction of sp³-hybridized carbons (Fsp3) is 0. The summed E-state index contributed by atoms with van der Waals surface area (Å²) in [5.41, 5.74) is 0.323. The van der Waals surface area contributed by atoms with Gasteiger partial charge in [-0.25, -0.2) is 9.48 Å². The van der Waals surface area contributed by atoms with Crippen LogP contribution in [0.5, 0.6) is 5.75 Å². The number of aromatic nitrogens is 2. The van der Waals surface area contributed by atoms with Gasteiger partial charge in [0.2, 0.25) is 5.69 Å². The van der Waals surface area contributed by atoms with Crippen LogP contribution < -0.4 is 0 Å². The zero-order chi connectivity index (χ0) is 14.3. The number of hydrogen-bond donors (Lipinski definition) is 2. The molecule has 20 heavy (non-hydrogen) atoms. The van der Waals surface area contributed by atoms with E-state index in [2.05, 4.69) is 21.0 Å². The lowest BCUT2D eigenvalue weighted by Crippen LogP contribution is -2.01. The van der Waals surface area contributed by atoms with Crippen LogP contribution in [0.15, 0.2) is 47.1 Å². The molecule has 0 saturated carbocycles. The maximum absolute atomic E-state index is 10.9. The lowest BCUT2D eigenvalue weighted by Gasteiger charge is -2.04. The minimum absolute atomic E-state index is 0.353. The smallest absolute Gasteiger partial charge is 0.360 e. The lowest BCUT2D eigenvalue weighted by molar-refractivity contribution is 0.0687.